The van der Waals surface area contributed by atoms with Crippen LogP contribution >= 0.6 is 0 Å². The van der Waals surface area contributed by atoms with E-state index in [4.69, 9.17) is 14.0 Å². The Morgan fingerprint density at radius 1 is 1.26 bits per heavy atom. The van der Waals surface area contributed by atoms with Crippen molar-refractivity contribution in [3.63, 3.8) is 0 Å². The Morgan fingerprint density at radius 3 is 2.82 bits per heavy atom. The molecule has 0 spiro atoms. The number of nitrogens with zero attached hydrogens (tertiary/aromatic N) is 4. The molecule has 11 heteroatoms. The van der Waals surface area contributed by atoms with Crippen LogP contribution in [0.25, 0.3) is 11.0 Å². The number of carbonyl (C=O) groups excluding carboxylic acids is 1. The monoisotopic (exact) mass is 529 g/mol. The largest absolute Gasteiger partial charge is 0.512 e. The lowest BCUT2D eigenvalue weighted by atomic mass is 9.90. The Kier molecular flexibility index (Phi) is 7.49. The molecule has 1 fully saturated rings. The number of ether oxygens (including phenoxy) is 2. The first-order valence-corrected chi connectivity index (χ1v) is 13.3. The third kappa shape index (κ3) is 5.17. The van der Waals surface area contributed by atoms with Gasteiger partial charge in [0.05, 0.1) is 31.9 Å². The minimum Gasteiger partial charge on any atom is -0.434 e. The van der Waals surface area contributed by atoms with Gasteiger partial charge in [-0.25, -0.2) is 14.2 Å². The first-order valence-electron chi connectivity index (χ1n) is 13.3. The summed E-state index contributed by atoms with van der Waals surface area (Å²) in [7, 11) is 0. The summed E-state index contributed by atoms with van der Waals surface area (Å²) in [6, 6.07) is 4.45. The van der Waals surface area contributed by atoms with Gasteiger partial charge in [0, 0.05) is 54.4 Å². The fourth-order valence-corrected chi connectivity index (χ4v) is 5.78. The number of aliphatic hydroxyl groups excluding tert-OH is 1. The van der Waals surface area contributed by atoms with Crippen molar-refractivity contribution in [1.82, 2.24) is 14.7 Å². The second-order valence-corrected chi connectivity index (χ2v) is 10.4. The third-order valence-electron chi connectivity index (χ3n) is 7.96. The van der Waals surface area contributed by atoms with E-state index in [0.717, 1.165) is 30.3 Å². The number of aromatic nitrogens is 3. The number of benzene rings is 1. The van der Waals surface area contributed by atoms with E-state index < -0.39 is 12.3 Å². The number of aliphatic hydroxyl groups is 1. The van der Waals surface area contributed by atoms with Gasteiger partial charge in [-0.15, -0.1) is 0 Å². The number of hydrogen-bond acceptors (Lipinski definition) is 8. The Labute approximate surface area is 219 Å². The average Bonchev–Trinajstić information content (AvgIpc) is 3.32. The van der Waals surface area contributed by atoms with Gasteiger partial charge in [-0.1, -0.05) is 5.16 Å². The number of halogens is 1. The van der Waals surface area contributed by atoms with Crippen LogP contribution in [-0.2, 0) is 22.4 Å². The summed E-state index contributed by atoms with van der Waals surface area (Å²) in [5.74, 6) is 0.195. The lowest BCUT2D eigenvalue weighted by Gasteiger charge is -2.42. The van der Waals surface area contributed by atoms with Crippen molar-refractivity contribution >= 4 is 17.1 Å². The molecule has 3 aromatic rings. The molecule has 2 aliphatic rings. The van der Waals surface area contributed by atoms with Crippen LogP contribution < -0.4 is 5.56 Å². The van der Waals surface area contributed by atoms with Crippen molar-refractivity contribution in [2.45, 2.75) is 64.5 Å². The van der Waals surface area contributed by atoms with Crippen molar-refractivity contribution in [2.24, 2.45) is 0 Å². The molecule has 0 saturated carbocycles. The SMILES string of the molecule is CCOC(=O)OC[N+]1(CCc2c(C)nc3n(c2=O)CCCC3O)CCC(c2noc3cc(F)ccc23)CC1. The van der Waals surface area contributed by atoms with Crippen molar-refractivity contribution in [2.75, 3.05) is 33.0 Å². The van der Waals surface area contributed by atoms with E-state index in [1.165, 1.54) is 12.1 Å². The van der Waals surface area contributed by atoms with Crippen molar-refractivity contribution in [3.05, 3.63) is 57.1 Å². The van der Waals surface area contributed by atoms with Crippen LogP contribution in [0.4, 0.5) is 9.18 Å². The normalized spacial score (nSPS) is 23.3. The maximum Gasteiger partial charge on any atom is 0.512 e. The molecule has 0 bridgehead atoms. The van der Waals surface area contributed by atoms with E-state index in [1.54, 1.807) is 17.6 Å². The predicted octanol–water partition coefficient (Wildman–Crippen LogP) is 3.73. The highest BCUT2D eigenvalue weighted by Crippen LogP contribution is 2.35. The van der Waals surface area contributed by atoms with Crippen LogP contribution in [0.15, 0.2) is 27.5 Å². The van der Waals surface area contributed by atoms with E-state index in [9.17, 15) is 19.1 Å². The van der Waals surface area contributed by atoms with Gasteiger partial charge in [0.15, 0.2) is 5.58 Å². The van der Waals surface area contributed by atoms with Crippen LogP contribution in [0.1, 0.15) is 67.4 Å². The number of piperidine rings is 1. The van der Waals surface area contributed by atoms with E-state index in [0.29, 0.717) is 66.2 Å². The molecule has 1 N–H and O–H groups in total. The zero-order valence-electron chi connectivity index (χ0n) is 21.8. The van der Waals surface area contributed by atoms with Gasteiger partial charge >= 0.3 is 6.16 Å². The van der Waals surface area contributed by atoms with Crippen molar-refractivity contribution in [3.8, 4) is 0 Å². The fraction of sp³-hybridized carbons (Fsp3) is 0.556. The highest BCUT2D eigenvalue weighted by molar-refractivity contribution is 5.79. The van der Waals surface area contributed by atoms with Crippen LogP contribution in [0.2, 0.25) is 0 Å². The minimum atomic E-state index is -0.719. The molecule has 1 unspecified atom stereocenters. The number of hydrogen-bond donors (Lipinski definition) is 1. The van der Waals surface area contributed by atoms with Crippen LogP contribution in [-0.4, -0.2) is 63.4 Å². The maximum atomic E-state index is 13.6. The van der Waals surface area contributed by atoms with Crippen LogP contribution in [0.3, 0.4) is 0 Å². The Hall–Kier alpha value is -3.31. The van der Waals surface area contributed by atoms with Crippen LogP contribution in [0, 0.1) is 12.7 Å². The van der Waals surface area contributed by atoms with Gasteiger partial charge in [-0.3, -0.25) is 13.8 Å². The first-order chi connectivity index (χ1) is 18.3. The number of rotatable bonds is 7. The summed E-state index contributed by atoms with van der Waals surface area (Å²) >= 11 is 0. The molecule has 10 nitrogen and oxygen atoms in total. The molecule has 1 saturated heterocycles. The number of fused-ring (bicyclic) bond motifs is 2. The summed E-state index contributed by atoms with van der Waals surface area (Å²) in [6.45, 7) is 6.40. The number of carbonyl (C=O) groups is 1. The first kappa shape index (κ1) is 26.3. The molecule has 2 aliphatic heterocycles. The Bertz CT molecular complexity index is 1380. The topological polar surface area (TPSA) is 117 Å². The Morgan fingerprint density at radius 2 is 2.05 bits per heavy atom. The third-order valence-corrected chi connectivity index (χ3v) is 7.96. The molecule has 0 radical (unpaired) electrons. The number of likely N-dealkylation sites (tertiary alicyclic amines) is 1. The number of quaternary nitrogens is 1. The summed E-state index contributed by atoms with van der Waals surface area (Å²) in [4.78, 5) is 29.9. The second-order valence-electron chi connectivity index (χ2n) is 10.4. The summed E-state index contributed by atoms with van der Waals surface area (Å²) in [5, 5.41) is 15.4. The average molecular weight is 530 g/mol. The standard InChI is InChI=1S/C27H34FN4O6/c1-3-36-27(35)37-16-32(14-10-20-17(2)29-25-22(33)5-4-11-31(25)26(20)34)12-8-18(9-13-32)24-21-7-6-19(28)15-23(21)38-30-24/h6-7,15,18,22,33H,3-5,8-14,16H2,1-2H3/q+1. The minimum absolute atomic E-state index is 0.105. The predicted molar refractivity (Wildman–Crippen MR) is 135 cm³/mol. The molecular weight excluding hydrogens is 495 g/mol. The van der Waals surface area contributed by atoms with Gasteiger partial charge < -0.3 is 19.1 Å². The fourth-order valence-electron chi connectivity index (χ4n) is 5.78. The van der Waals surface area contributed by atoms with E-state index in [2.05, 4.69) is 10.1 Å². The van der Waals surface area contributed by atoms with E-state index in [-0.39, 0.29) is 30.6 Å². The zero-order valence-corrected chi connectivity index (χ0v) is 21.8. The van der Waals surface area contributed by atoms with E-state index in [1.807, 2.05) is 6.92 Å². The molecule has 4 heterocycles. The number of aryl methyl sites for hydroxylation is 1. The molecular formula is C27H34FN4O6+. The molecule has 2 aromatic heterocycles. The van der Waals surface area contributed by atoms with Gasteiger partial charge in [0.2, 0.25) is 6.73 Å². The van der Waals surface area contributed by atoms with Gasteiger partial charge in [-0.05, 0) is 38.8 Å². The molecule has 0 aliphatic carbocycles. The molecule has 38 heavy (non-hydrogen) atoms. The highest BCUT2D eigenvalue weighted by Gasteiger charge is 2.38. The lowest BCUT2D eigenvalue weighted by Crippen LogP contribution is -2.55. The molecule has 204 valence electrons. The van der Waals surface area contributed by atoms with E-state index >= 15 is 0 Å². The van der Waals surface area contributed by atoms with Gasteiger partial charge in [0.1, 0.15) is 17.7 Å². The van der Waals surface area contributed by atoms with Gasteiger partial charge in [-0.2, -0.15) is 0 Å². The van der Waals surface area contributed by atoms with Crippen molar-refractivity contribution < 1.29 is 32.8 Å². The maximum absolute atomic E-state index is 13.6. The zero-order chi connectivity index (χ0) is 26.9. The smallest absolute Gasteiger partial charge is 0.434 e. The molecule has 1 aromatic carbocycles. The molecule has 5 rings (SSSR count). The summed E-state index contributed by atoms with van der Waals surface area (Å²) in [5.41, 5.74) is 2.39. The molecule has 1 atom stereocenters. The highest BCUT2D eigenvalue weighted by atomic mass is 19.1. The quantitative estimate of drug-likeness (QED) is 0.364. The summed E-state index contributed by atoms with van der Waals surface area (Å²) in [6.07, 6.45) is 1.90. The van der Waals surface area contributed by atoms with Crippen LogP contribution in [0.5, 0.6) is 0 Å². The second kappa shape index (κ2) is 10.8. The Balaban J connectivity index is 1.35. The van der Waals surface area contributed by atoms with Gasteiger partial charge in [0.25, 0.3) is 5.56 Å². The van der Waals surface area contributed by atoms with Crippen molar-refractivity contribution in [1.29, 1.82) is 0 Å². The molecule has 0 amide bonds. The summed E-state index contributed by atoms with van der Waals surface area (Å²) < 4.78 is 31.5. The lowest BCUT2D eigenvalue weighted by molar-refractivity contribution is -0.948.